The summed E-state index contributed by atoms with van der Waals surface area (Å²) in [5.41, 5.74) is 1.65. The third-order valence-electron chi connectivity index (χ3n) is 2.75. The summed E-state index contributed by atoms with van der Waals surface area (Å²) in [6, 6.07) is 9.45. The summed E-state index contributed by atoms with van der Waals surface area (Å²) >= 11 is 0. The van der Waals surface area contributed by atoms with Crippen LogP contribution in [0, 0.1) is 0 Å². The molecule has 0 bridgehead atoms. The molecule has 94 valence electrons. The molecule has 3 nitrogen and oxygen atoms in total. The number of ketones is 1. The number of ether oxygens (including phenoxy) is 1. The lowest BCUT2D eigenvalue weighted by molar-refractivity contribution is 0.0879. The van der Waals surface area contributed by atoms with Gasteiger partial charge in [0.2, 0.25) is 0 Å². The molecule has 18 heavy (non-hydrogen) atoms. The van der Waals surface area contributed by atoms with Crippen molar-refractivity contribution in [2.45, 2.75) is 19.8 Å². The van der Waals surface area contributed by atoms with Gasteiger partial charge in [-0.15, -0.1) is 0 Å². The van der Waals surface area contributed by atoms with Gasteiger partial charge in [0.15, 0.2) is 5.78 Å². The number of fused-ring (bicyclic) bond motifs is 1. The molecule has 0 unspecified atom stereocenters. The summed E-state index contributed by atoms with van der Waals surface area (Å²) in [5.74, 6) is 0.122. The first-order valence-electron chi connectivity index (χ1n) is 6.27. The Balaban J connectivity index is 2.04. The van der Waals surface area contributed by atoms with Gasteiger partial charge in [-0.2, -0.15) is 0 Å². The first-order chi connectivity index (χ1) is 8.81. The minimum absolute atomic E-state index is 0.122. The van der Waals surface area contributed by atoms with Crippen LogP contribution in [0.2, 0.25) is 0 Å². The van der Waals surface area contributed by atoms with Crippen LogP contribution in [0.4, 0.5) is 0 Å². The van der Waals surface area contributed by atoms with Gasteiger partial charge in [-0.1, -0.05) is 13.0 Å². The highest BCUT2D eigenvalue weighted by Gasteiger charge is 2.06. The highest BCUT2D eigenvalue weighted by atomic mass is 16.5. The average molecular weight is 243 g/mol. The molecule has 2 aromatic rings. The second-order valence-electron chi connectivity index (χ2n) is 4.20. The second-order valence-corrected chi connectivity index (χ2v) is 4.20. The molecule has 0 aliphatic rings. The number of carbonyl (C=O) groups is 1. The van der Waals surface area contributed by atoms with E-state index in [4.69, 9.17) is 4.74 Å². The molecular weight excluding hydrogens is 226 g/mol. The second kappa shape index (κ2) is 6.26. The molecule has 3 heteroatoms. The van der Waals surface area contributed by atoms with Crippen molar-refractivity contribution in [3.05, 3.63) is 42.1 Å². The van der Waals surface area contributed by atoms with E-state index in [9.17, 15) is 4.79 Å². The van der Waals surface area contributed by atoms with Gasteiger partial charge in [0, 0.05) is 30.2 Å². The highest BCUT2D eigenvalue weighted by Crippen LogP contribution is 2.14. The lowest BCUT2D eigenvalue weighted by Crippen LogP contribution is -2.05. The van der Waals surface area contributed by atoms with Gasteiger partial charge in [0.25, 0.3) is 0 Å². The minimum Gasteiger partial charge on any atom is -0.381 e. The summed E-state index contributed by atoms with van der Waals surface area (Å²) in [6.07, 6.45) is 3.17. The molecule has 0 radical (unpaired) electrons. The SMILES string of the molecule is CCCOCCC(=O)c1ccc2ncccc2c1. The van der Waals surface area contributed by atoms with Crippen molar-refractivity contribution >= 4 is 16.7 Å². The number of nitrogens with zero attached hydrogens (tertiary/aromatic N) is 1. The number of aromatic nitrogens is 1. The zero-order chi connectivity index (χ0) is 12.8. The topological polar surface area (TPSA) is 39.2 Å². The maximum atomic E-state index is 12.0. The Morgan fingerprint density at radius 3 is 3.00 bits per heavy atom. The lowest BCUT2D eigenvalue weighted by atomic mass is 10.1. The van der Waals surface area contributed by atoms with Gasteiger partial charge < -0.3 is 4.74 Å². The molecule has 0 amide bonds. The number of hydrogen-bond donors (Lipinski definition) is 0. The van der Waals surface area contributed by atoms with Gasteiger partial charge in [0.05, 0.1) is 12.1 Å². The molecule has 0 aliphatic carbocycles. The zero-order valence-electron chi connectivity index (χ0n) is 10.6. The number of Topliss-reactive ketones (excluding diaryl/α,β-unsaturated/α-hetero) is 1. The summed E-state index contributed by atoms with van der Waals surface area (Å²) in [4.78, 5) is 16.2. The van der Waals surface area contributed by atoms with E-state index >= 15 is 0 Å². The summed E-state index contributed by atoms with van der Waals surface area (Å²) < 4.78 is 5.33. The van der Waals surface area contributed by atoms with Crippen molar-refractivity contribution in [3.63, 3.8) is 0 Å². The average Bonchev–Trinajstić information content (AvgIpc) is 2.43. The van der Waals surface area contributed by atoms with Crippen LogP contribution in [-0.4, -0.2) is 24.0 Å². The van der Waals surface area contributed by atoms with Crippen LogP contribution in [0.25, 0.3) is 10.9 Å². The van der Waals surface area contributed by atoms with E-state index in [2.05, 4.69) is 11.9 Å². The fourth-order valence-corrected chi connectivity index (χ4v) is 1.80. The number of benzene rings is 1. The predicted octanol–water partition coefficient (Wildman–Crippen LogP) is 3.23. The Kier molecular flexibility index (Phi) is 4.42. The molecule has 0 fully saturated rings. The number of hydrogen-bond acceptors (Lipinski definition) is 3. The number of rotatable bonds is 6. The maximum Gasteiger partial charge on any atom is 0.165 e. The summed E-state index contributed by atoms with van der Waals surface area (Å²) in [7, 11) is 0. The molecule has 1 heterocycles. The van der Waals surface area contributed by atoms with Gasteiger partial charge in [0.1, 0.15) is 0 Å². The Labute approximate surface area is 107 Å². The Hall–Kier alpha value is -1.74. The third-order valence-corrected chi connectivity index (χ3v) is 2.75. The van der Waals surface area contributed by atoms with Gasteiger partial charge in [-0.3, -0.25) is 9.78 Å². The quantitative estimate of drug-likeness (QED) is 0.577. The van der Waals surface area contributed by atoms with Crippen LogP contribution in [0.15, 0.2) is 36.5 Å². The van der Waals surface area contributed by atoms with Crippen molar-refractivity contribution in [1.82, 2.24) is 4.98 Å². The highest BCUT2D eigenvalue weighted by molar-refractivity contribution is 5.99. The van der Waals surface area contributed by atoms with E-state index in [0.717, 1.165) is 29.5 Å². The van der Waals surface area contributed by atoms with E-state index in [1.165, 1.54) is 0 Å². The lowest BCUT2D eigenvalue weighted by Gasteiger charge is -2.04. The van der Waals surface area contributed by atoms with E-state index in [0.29, 0.717) is 13.0 Å². The van der Waals surface area contributed by atoms with Gasteiger partial charge in [-0.25, -0.2) is 0 Å². The van der Waals surface area contributed by atoms with Crippen molar-refractivity contribution in [2.24, 2.45) is 0 Å². The summed E-state index contributed by atoms with van der Waals surface area (Å²) in [5, 5.41) is 0.998. The fourth-order valence-electron chi connectivity index (χ4n) is 1.80. The molecule has 0 N–H and O–H groups in total. The van der Waals surface area contributed by atoms with Crippen molar-refractivity contribution in [3.8, 4) is 0 Å². The maximum absolute atomic E-state index is 12.0. The molecule has 0 aliphatic heterocycles. The van der Waals surface area contributed by atoms with Crippen molar-refractivity contribution in [1.29, 1.82) is 0 Å². The molecule has 0 saturated carbocycles. The number of carbonyl (C=O) groups excluding carboxylic acids is 1. The smallest absolute Gasteiger partial charge is 0.165 e. The first-order valence-corrected chi connectivity index (χ1v) is 6.27. The van der Waals surface area contributed by atoms with Crippen LogP contribution in [-0.2, 0) is 4.74 Å². The third kappa shape index (κ3) is 3.14. The Morgan fingerprint density at radius 1 is 1.28 bits per heavy atom. The van der Waals surface area contributed by atoms with Gasteiger partial charge >= 0.3 is 0 Å². The fraction of sp³-hybridized carbons (Fsp3) is 0.333. The Bertz CT molecular complexity index is 537. The number of pyridine rings is 1. The Morgan fingerprint density at radius 2 is 2.17 bits per heavy atom. The first kappa shape index (κ1) is 12.7. The van der Waals surface area contributed by atoms with Crippen molar-refractivity contribution < 1.29 is 9.53 Å². The van der Waals surface area contributed by atoms with Gasteiger partial charge in [-0.05, 0) is 30.7 Å². The van der Waals surface area contributed by atoms with E-state index in [1.54, 1.807) is 6.20 Å². The molecule has 1 aromatic carbocycles. The standard InChI is InChI=1S/C15H17NO2/c1-2-9-18-10-7-15(17)13-5-6-14-12(11-13)4-3-8-16-14/h3-6,8,11H,2,7,9-10H2,1H3. The normalized spacial score (nSPS) is 10.7. The largest absolute Gasteiger partial charge is 0.381 e. The van der Waals surface area contributed by atoms with Crippen LogP contribution in [0.5, 0.6) is 0 Å². The van der Waals surface area contributed by atoms with Crippen LogP contribution in [0.3, 0.4) is 0 Å². The van der Waals surface area contributed by atoms with Crippen LogP contribution < -0.4 is 0 Å². The van der Waals surface area contributed by atoms with E-state index in [-0.39, 0.29) is 5.78 Å². The van der Waals surface area contributed by atoms with Crippen LogP contribution >= 0.6 is 0 Å². The molecule has 2 rings (SSSR count). The summed E-state index contributed by atoms with van der Waals surface area (Å²) in [6.45, 7) is 3.27. The molecular formula is C15H17NO2. The van der Waals surface area contributed by atoms with Crippen molar-refractivity contribution in [2.75, 3.05) is 13.2 Å². The predicted molar refractivity (Wildman–Crippen MR) is 71.8 cm³/mol. The molecule has 0 saturated heterocycles. The zero-order valence-corrected chi connectivity index (χ0v) is 10.6. The molecule has 0 atom stereocenters. The molecule has 1 aromatic heterocycles. The van der Waals surface area contributed by atoms with E-state index < -0.39 is 0 Å². The van der Waals surface area contributed by atoms with Crippen LogP contribution in [0.1, 0.15) is 30.1 Å². The minimum atomic E-state index is 0.122. The molecule has 0 spiro atoms. The van der Waals surface area contributed by atoms with E-state index in [1.807, 2.05) is 30.3 Å². The monoisotopic (exact) mass is 243 g/mol.